The van der Waals surface area contributed by atoms with Crippen LogP contribution < -0.4 is 5.32 Å². The van der Waals surface area contributed by atoms with Crippen molar-refractivity contribution >= 4 is 11.9 Å². The third-order valence-corrected chi connectivity index (χ3v) is 13.7. The van der Waals surface area contributed by atoms with E-state index >= 15 is 0 Å². The van der Waals surface area contributed by atoms with Gasteiger partial charge in [0.05, 0.1) is 25.4 Å². The molecule has 0 aliphatic carbocycles. The summed E-state index contributed by atoms with van der Waals surface area (Å²) in [7, 11) is 0. The predicted molar refractivity (Wildman–Crippen MR) is 287 cm³/mol. The van der Waals surface area contributed by atoms with Crippen molar-refractivity contribution in [3.05, 3.63) is 24.3 Å². The maximum Gasteiger partial charge on any atom is 0.305 e. The maximum atomic E-state index is 12.4. The first-order chi connectivity index (χ1) is 32.5. The van der Waals surface area contributed by atoms with Crippen molar-refractivity contribution < 1.29 is 24.5 Å². The zero-order valence-corrected chi connectivity index (χ0v) is 44.4. The predicted octanol–water partition coefficient (Wildman–Crippen LogP) is 18.2. The lowest BCUT2D eigenvalue weighted by molar-refractivity contribution is -0.143. The molecule has 1 amide bonds. The summed E-state index contributed by atoms with van der Waals surface area (Å²) in [6, 6.07) is -0.622. The molecule has 390 valence electrons. The lowest BCUT2D eigenvalue weighted by Crippen LogP contribution is -2.45. The average Bonchev–Trinajstić information content (AvgIpc) is 3.32. The highest BCUT2D eigenvalue weighted by atomic mass is 16.5. The van der Waals surface area contributed by atoms with Gasteiger partial charge in [0, 0.05) is 12.8 Å². The van der Waals surface area contributed by atoms with E-state index in [0.717, 1.165) is 44.9 Å². The van der Waals surface area contributed by atoms with Crippen LogP contribution in [-0.4, -0.2) is 47.4 Å². The number of carbonyl (C=O) groups excluding carboxylic acids is 2. The Labute approximate surface area is 411 Å². The molecule has 2 atom stereocenters. The van der Waals surface area contributed by atoms with E-state index in [2.05, 4.69) is 31.3 Å². The summed E-state index contributed by atoms with van der Waals surface area (Å²) in [6.45, 7) is 4.85. The van der Waals surface area contributed by atoms with Gasteiger partial charge in [0.2, 0.25) is 5.91 Å². The molecule has 0 aromatic heterocycles. The quantitative estimate of drug-likeness (QED) is 0.0321. The van der Waals surface area contributed by atoms with Crippen LogP contribution in [0.2, 0.25) is 0 Å². The molecule has 0 aliphatic rings. The van der Waals surface area contributed by atoms with Crippen LogP contribution in [0.1, 0.15) is 322 Å². The topological polar surface area (TPSA) is 95.9 Å². The van der Waals surface area contributed by atoms with E-state index in [9.17, 15) is 19.8 Å². The molecule has 0 aliphatic heterocycles. The van der Waals surface area contributed by atoms with Gasteiger partial charge in [-0.1, -0.05) is 282 Å². The van der Waals surface area contributed by atoms with Crippen LogP contribution in [0.15, 0.2) is 24.3 Å². The number of hydrogen-bond acceptors (Lipinski definition) is 5. The molecular weight excluding hydrogens is 815 g/mol. The Balaban J connectivity index is 3.32. The Kier molecular flexibility index (Phi) is 54.5. The minimum Gasteiger partial charge on any atom is -0.466 e. The maximum absolute atomic E-state index is 12.4. The Hall–Kier alpha value is -1.66. The Morgan fingerprint density at radius 1 is 0.409 bits per heavy atom. The minimum absolute atomic E-state index is 0.00783. The first-order valence-corrected chi connectivity index (χ1v) is 29.6. The van der Waals surface area contributed by atoms with Crippen molar-refractivity contribution in [2.24, 2.45) is 0 Å². The second-order valence-electron chi connectivity index (χ2n) is 20.3. The molecule has 0 aromatic carbocycles. The number of aliphatic hydroxyl groups is 2. The fourth-order valence-corrected chi connectivity index (χ4v) is 9.15. The van der Waals surface area contributed by atoms with Crippen molar-refractivity contribution in [2.45, 2.75) is 334 Å². The van der Waals surface area contributed by atoms with Gasteiger partial charge in [0.15, 0.2) is 0 Å². The zero-order chi connectivity index (χ0) is 47.9. The SMILES string of the molecule is CCCC/C=C\CCCCCCCC(=O)OCCCCCCCCCCCCCCCCCCCCCCCCCCCCCCCC(=O)NC(CO)C(O)/C=C/CCCCCCCCC. The molecule has 0 fully saturated rings. The van der Waals surface area contributed by atoms with E-state index in [1.54, 1.807) is 6.08 Å². The fraction of sp³-hybridized carbons (Fsp3) is 0.900. The summed E-state index contributed by atoms with van der Waals surface area (Å²) in [5.74, 6) is -0.0587. The van der Waals surface area contributed by atoms with Crippen LogP contribution in [0.3, 0.4) is 0 Å². The highest BCUT2D eigenvalue weighted by Crippen LogP contribution is 2.18. The van der Waals surface area contributed by atoms with Gasteiger partial charge >= 0.3 is 5.97 Å². The van der Waals surface area contributed by atoms with Crippen molar-refractivity contribution in [3.8, 4) is 0 Å². The zero-order valence-electron chi connectivity index (χ0n) is 44.4. The van der Waals surface area contributed by atoms with Gasteiger partial charge in [-0.2, -0.15) is 0 Å². The highest BCUT2D eigenvalue weighted by Gasteiger charge is 2.18. The number of hydrogen-bond donors (Lipinski definition) is 3. The number of rotatable bonds is 55. The molecule has 0 spiro atoms. The number of ether oxygens (including phenoxy) is 1. The molecule has 6 nitrogen and oxygen atoms in total. The van der Waals surface area contributed by atoms with E-state index in [4.69, 9.17) is 4.74 Å². The van der Waals surface area contributed by atoms with Gasteiger partial charge in [0.1, 0.15) is 0 Å². The molecule has 0 saturated heterocycles. The molecule has 6 heteroatoms. The standard InChI is InChI=1S/C60H115NO5/c1-3-5-7-9-11-13-33-38-42-46-50-54-60(65)66-55-51-47-43-39-35-32-30-28-26-24-22-20-18-16-14-15-17-19-21-23-25-27-29-31-34-37-41-45-49-53-59(64)61-57(56-62)58(63)52-48-44-40-36-12-10-8-6-4-2/h9,11,48,52,57-58,62-63H,3-8,10,12-47,49-51,53-56H2,1-2H3,(H,61,64)/b11-9-,52-48+. The number of unbranched alkanes of at least 4 members (excludes halogenated alkanes) is 42. The molecule has 3 N–H and O–H groups in total. The Bertz CT molecular complexity index is 1030. The molecular formula is C60H115NO5. The summed E-state index contributed by atoms with van der Waals surface area (Å²) >= 11 is 0. The van der Waals surface area contributed by atoms with Crippen molar-refractivity contribution in [3.63, 3.8) is 0 Å². The van der Waals surface area contributed by atoms with Gasteiger partial charge in [0.25, 0.3) is 0 Å². The van der Waals surface area contributed by atoms with Gasteiger partial charge in [-0.25, -0.2) is 0 Å². The number of aliphatic hydroxyl groups excluding tert-OH is 2. The Morgan fingerprint density at radius 3 is 1.12 bits per heavy atom. The lowest BCUT2D eigenvalue weighted by Gasteiger charge is -2.20. The Morgan fingerprint density at radius 2 is 0.727 bits per heavy atom. The molecule has 0 radical (unpaired) electrons. The summed E-state index contributed by atoms with van der Waals surface area (Å²) in [4.78, 5) is 24.4. The number of esters is 1. The van der Waals surface area contributed by atoms with Crippen LogP contribution in [0.4, 0.5) is 0 Å². The summed E-state index contributed by atoms with van der Waals surface area (Å²) in [5.41, 5.74) is 0. The van der Waals surface area contributed by atoms with Crippen LogP contribution in [0.5, 0.6) is 0 Å². The van der Waals surface area contributed by atoms with E-state index in [0.29, 0.717) is 19.4 Å². The normalized spacial score (nSPS) is 12.7. The lowest BCUT2D eigenvalue weighted by atomic mass is 10.0. The molecule has 0 bridgehead atoms. The van der Waals surface area contributed by atoms with E-state index in [1.807, 2.05) is 6.08 Å². The van der Waals surface area contributed by atoms with Crippen LogP contribution >= 0.6 is 0 Å². The second kappa shape index (κ2) is 55.9. The summed E-state index contributed by atoms with van der Waals surface area (Å²) < 4.78 is 5.46. The largest absolute Gasteiger partial charge is 0.466 e. The second-order valence-corrected chi connectivity index (χ2v) is 20.3. The highest BCUT2D eigenvalue weighted by molar-refractivity contribution is 5.76. The van der Waals surface area contributed by atoms with Crippen molar-refractivity contribution in [2.75, 3.05) is 13.2 Å². The van der Waals surface area contributed by atoms with Crippen LogP contribution in [-0.2, 0) is 14.3 Å². The number of amides is 1. The van der Waals surface area contributed by atoms with Crippen LogP contribution in [0.25, 0.3) is 0 Å². The molecule has 66 heavy (non-hydrogen) atoms. The minimum atomic E-state index is -0.839. The van der Waals surface area contributed by atoms with Crippen molar-refractivity contribution in [1.82, 2.24) is 5.32 Å². The fourth-order valence-electron chi connectivity index (χ4n) is 9.15. The number of allylic oxidation sites excluding steroid dienone is 3. The third kappa shape index (κ3) is 51.7. The van der Waals surface area contributed by atoms with Gasteiger partial charge in [-0.3, -0.25) is 9.59 Å². The monoisotopic (exact) mass is 930 g/mol. The molecule has 0 saturated carbocycles. The average molecular weight is 931 g/mol. The van der Waals surface area contributed by atoms with Gasteiger partial charge in [-0.15, -0.1) is 0 Å². The number of nitrogens with one attached hydrogen (secondary N) is 1. The number of carbonyl (C=O) groups is 2. The molecule has 2 unspecified atom stereocenters. The summed E-state index contributed by atoms with van der Waals surface area (Å²) in [6.07, 6.45) is 68.1. The first-order valence-electron chi connectivity index (χ1n) is 29.6. The van der Waals surface area contributed by atoms with E-state index < -0.39 is 12.1 Å². The van der Waals surface area contributed by atoms with Crippen LogP contribution in [0, 0.1) is 0 Å². The smallest absolute Gasteiger partial charge is 0.305 e. The van der Waals surface area contributed by atoms with Crippen molar-refractivity contribution in [1.29, 1.82) is 0 Å². The molecule has 0 heterocycles. The molecule has 0 rings (SSSR count). The van der Waals surface area contributed by atoms with E-state index in [1.165, 1.54) is 250 Å². The van der Waals surface area contributed by atoms with Gasteiger partial charge < -0.3 is 20.3 Å². The van der Waals surface area contributed by atoms with Gasteiger partial charge in [-0.05, 0) is 51.4 Å². The van der Waals surface area contributed by atoms with E-state index in [-0.39, 0.29) is 18.5 Å². The third-order valence-electron chi connectivity index (χ3n) is 13.7. The molecule has 0 aromatic rings. The first kappa shape index (κ1) is 64.3. The summed E-state index contributed by atoms with van der Waals surface area (Å²) in [5, 5.41) is 22.9.